The van der Waals surface area contributed by atoms with Crippen molar-refractivity contribution in [3.05, 3.63) is 46.7 Å². The normalized spacial score (nSPS) is 10.5. The van der Waals surface area contributed by atoms with E-state index in [1.807, 2.05) is 24.3 Å². The third-order valence-corrected chi connectivity index (χ3v) is 3.49. The second kappa shape index (κ2) is 7.89. The molecule has 0 atom stereocenters. The average Bonchev–Trinajstić information content (AvgIpc) is 2.47. The molecule has 2 aromatic rings. The van der Waals surface area contributed by atoms with Crippen LogP contribution in [0.15, 0.2) is 41.1 Å². The van der Waals surface area contributed by atoms with Gasteiger partial charge in [-0.05, 0) is 30.5 Å². The lowest BCUT2D eigenvalue weighted by molar-refractivity contribution is 0.102. The topological polar surface area (TPSA) is 66.9 Å². The number of carbonyl (C=O) groups is 1. The molecule has 1 aromatic carbocycles. The number of rotatable bonds is 6. The van der Waals surface area contributed by atoms with E-state index in [0.29, 0.717) is 17.4 Å². The molecular weight excluding hydrogens is 344 g/mol. The summed E-state index contributed by atoms with van der Waals surface area (Å²) in [6.07, 6.45) is 4.10. The van der Waals surface area contributed by atoms with E-state index in [4.69, 9.17) is 0 Å². The predicted octanol–water partition coefficient (Wildman–Crippen LogP) is 3.95. The fraction of sp³-hybridized carbons (Fsp3) is 0.312. The molecule has 2 rings (SSSR count). The molecule has 5 nitrogen and oxygen atoms in total. The van der Waals surface area contributed by atoms with Gasteiger partial charge in [0, 0.05) is 29.1 Å². The molecule has 0 fully saturated rings. The number of halogens is 1. The first kappa shape index (κ1) is 16.4. The van der Waals surface area contributed by atoms with E-state index in [0.717, 1.165) is 23.1 Å². The molecule has 0 radical (unpaired) electrons. The Hall–Kier alpha value is -1.95. The molecule has 1 heterocycles. The molecule has 1 aromatic heterocycles. The van der Waals surface area contributed by atoms with Crippen LogP contribution in [0.25, 0.3) is 0 Å². The number of hydrogen-bond donors (Lipinski definition) is 2. The third-order valence-electron chi connectivity index (χ3n) is 3.00. The molecule has 0 aliphatic heterocycles. The molecule has 0 spiro atoms. The molecule has 0 saturated heterocycles. The number of nitrogens with one attached hydrogen (secondary N) is 2. The van der Waals surface area contributed by atoms with Crippen molar-refractivity contribution in [2.75, 3.05) is 17.2 Å². The fourth-order valence-corrected chi connectivity index (χ4v) is 2.18. The highest BCUT2D eigenvalue weighted by atomic mass is 79.9. The Kier molecular flexibility index (Phi) is 5.89. The smallest absolute Gasteiger partial charge is 0.258 e. The highest BCUT2D eigenvalue weighted by molar-refractivity contribution is 9.10. The zero-order valence-corrected chi connectivity index (χ0v) is 14.2. The highest BCUT2D eigenvalue weighted by Crippen LogP contribution is 2.16. The molecule has 0 aliphatic rings. The lowest BCUT2D eigenvalue weighted by Gasteiger charge is -2.08. The quantitative estimate of drug-likeness (QED) is 0.816. The third kappa shape index (κ3) is 5.11. The monoisotopic (exact) mass is 362 g/mol. The molecule has 116 valence electrons. The number of aromatic nitrogens is 2. The Morgan fingerprint density at radius 1 is 1.27 bits per heavy atom. The average molecular weight is 363 g/mol. The maximum Gasteiger partial charge on any atom is 0.258 e. The van der Waals surface area contributed by atoms with E-state index in [9.17, 15) is 4.79 Å². The lowest BCUT2D eigenvalue weighted by atomic mass is 10.1. The Morgan fingerprint density at radius 3 is 2.64 bits per heavy atom. The van der Waals surface area contributed by atoms with Crippen LogP contribution in [0, 0.1) is 5.92 Å². The van der Waals surface area contributed by atoms with E-state index in [-0.39, 0.29) is 5.91 Å². The van der Waals surface area contributed by atoms with Gasteiger partial charge in [0.25, 0.3) is 5.91 Å². The van der Waals surface area contributed by atoms with Gasteiger partial charge >= 0.3 is 0 Å². The summed E-state index contributed by atoms with van der Waals surface area (Å²) in [7, 11) is 0. The summed E-state index contributed by atoms with van der Waals surface area (Å²) in [5.74, 6) is 0.939. The van der Waals surface area contributed by atoms with Crippen molar-refractivity contribution < 1.29 is 4.79 Å². The van der Waals surface area contributed by atoms with Crippen LogP contribution in [-0.4, -0.2) is 22.4 Å². The van der Waals surface area contributed by atoms with Gasteiger partial charge in [0.1, 0.15) is 0 Å². The molecule has 0 unspecified atom stereocenters. The zero-order chi connectivity index (χ0) is 15.9. The van der Waals surface area contributed by atoms with Crippen LogP contribution in [0.4, 0.5) is 11.6 Å². The van der Waals surface area contributed by atoms with Gasteiger partial charge < -0.3 is 10.6 Å². The van der Waals surface area contributed by atoms with Crippen LogP contribution in [0.5, 0.6) is 0 Å². The van der Waals surface area contributed by atoms with Gasteiger partial charge in [-0.3, -0.25) is 4.79 Å². The van der Waals surface area contributed by atoms with Crippen molar-refractivity contribution in [3.63, 3.8) is 0 Å². The standard InChI is InChI=1S/C16H19BrN4O/c1-11(2)6-7-18-16-19-9-12(10-20-16)15(22)21-14-5-3-4-13(17)8-14/h3-5,8-11H,6-7H2,1-2H3,(H,21,22)(H,18,19,20). The summed E-state index contributed by atoms with van der Waals surface area (Å²) < 4.78 is 0.909. The fourth-order valence-electron chi connectivity index (χ4n) is 1.78. The van der Waals surface area contributed by atoms with Gasteiger partial charge in [-0.15, -0.1) is 0 Å². The number of amides is 1. The Morgan fingerprint density at radius 2 is 2.00 bits per heavy atom. The van der Waals surface area contributed by atoms with Gasteiger partial charge in [0.05, 0.1) is 5.56 Å². The summed E-state index contributed by atoms with van der Waals surface area (Å²) in [5, 5.41) is 5.95. The first-order valence-corrected chi connectivity index (χ1v) is 7.96. The van der Waals surface area contributed by atoms with Crippen molar-refractivity contribution in [1.82, 2.24) is 9.97 Å². The van der Waals surface area contributed by atoms with Crippen molar-refractivity contribution in [3.8, 4) is 0 Å². The molecule has 1 amide bonds. The van der Waals surface area contributed by atoms with Crippen LogP contribution < -0.4 is 10.6 Å². The molecule has 2 N–H and O–H groups in total. The molecule has 0 saturated carbocycles. The predicted molar refractivity (Wildman–Crippen MR) is 92.1 cm³/mol. The molecular formula is C16H19BrN4O. The van der Waals surface area contributed by atoms with Crippen LogP contribution in [0.1, 0.15) is 30.6 Å². The van der Waals surface area contributed by atoms with Gasteiger partial charge in [-0.2, -0.15) is 0 Å². The van der Waals surface area contributed by atoms with E-state index in [1.165, 1.54) is 12.4 Å². The van der Waals surface area contributed by atoms with Crippen molar-refractivity contribution in [2.24, 2.45) is 5.92 Å². The van der Waals surface area contributed by atoms with E-state index in [1.54, 1.807) is 0 Å². The van der Waals surface area contributed by atoms with Crippen molar-refractivity contribution in [1.29, 1.82) is 0 Å². The molecule has 22 heavy (non-hydrogen) atoms. The summed E-state index contributed by atoms with van der Waals surface area (Å²) in [6, 6.07) is 7.42. The van der Waals surface area contributed by atoms with E-state index >= 15 is 0 Å². The van der Waals surface area contributed by atoms with Crippen LogP contribution in [0.2, 0.25) is 0 Å². The number of benzene rings is 1. The number of hydrogen-bond acceptors (Lipinski definition) is 4. The van der Waals surface area contributed by atoms with Gasteiger partial charge in [0.2, 0.25) is 5.95 Å². The van der Waals surface area contributed by atoms with Gasteiger partial charge in [-0.25, -0.2) is 9.97 Å². The summed E-state index contributed by atoms with van der Waals surface area (Å²) in [5.41, 5.74) is 1.15. The van der Waals surface area contributed by atoms with Crippen molar-refractivity contribution >= 4 is 33.5 Å². The van der Waals surface area contributed by atoms with Gasteiger partial charge in [0.15, 0.2) is 0 Å². The Labute approximate surface area is 138 Å². The SMILES string of the molecule is CC(C)CCNc1ncc(C(=O)Nc2cccc(Br)c2)cn1. The summed E-state index contributed by atoms with van der Waals surface area (Å²) in [4.78, 5) is 20.4. The minimum absolute atomic E-state index is 0.230. The first-order valence-electron chi connectivity index (χ1n) is 7.17. The maximum absolute atomic E-state index is 12.1. The Balaban J connectivity index is 1.93. The first-order chi connectivity index (χ1) is 10.5. The summed E-state index contributed by atoms with van der Waals surface area (Å²) in [6.45, 7) is 5.15. The summed E-state index contributed by atoms with van der Waals surface area (Å²) >= 11 is 3.37. The lowest BCUT2D eigenvalue weighted by Crippen LogP contribution is -2.14. The van der Waals surface area contributed by atoms with Crippen LogP contribution in [-0.2, 0) is 0 Å². The van der Waals surface area contributed by atoms with E-state index < -0.39 is 0 Å². The van der Waals surface area contributed by atoms with E-state index in [2.05, 4.69) is 50.4 Å². The molecule has 0 aliphatic carbocycles. The second-order valence-corrected chi connectivity index (χ2v) is 6.28. The maximum atomic E-state index is 12.1. The Bertz CT molecular complexity index is 628. The number of carbonyl (C=O) groups excluding carboxylic acids is 1. The number of anilines is 2. The minimum atomic E-state index is -0.230. The highest BCUT2D eigenvalue weighted by Gasteiger charge is 2.08. The minimum Gasteiger partial charge on any atom is -0.354 e. The zero-order valence-electron chi connectivity index (χ0n) is 12.6. The second-order valence-electron chi connectivity index (χ2n) is 5.37. The largest absolute Gasteiger partial charge is 0.354 e. The molecule has 6 heteroatoms. The van der Waals surface area contributed by atoms with Crippen LogP contribution >= 0.6 is 15.9 Å². The van der Waals surface area contributed by atoms with Crippen molar-refractivity contribution in [2.45, 2.75) is 20.3 Å². The number of nitrogens with zero attached hydrogens (tertiary/aromatic N) is 2. The van der Waals surface area contributed by atoms with Gasteiger partial charge in [-0.1, -0.05) is 35.8 Å². The molecule has 0 bridgehead atoms. The van der Waals surface area contributed by atoms with Crippen LogP contribution in [0.3, 0.4) is 0 Å².